The number of aromatic amines is 1. The van der Waals surface area contributed by atoms with Gasteiger partial charge in [0.05, 0.1) is 19.8 Å². The number of ether oxygens (including phenoxy) is 1. The van der Waals surface area contributed by atoms with Gasteiger partial charge in [-0.1, -0.05) is 18.2 Å². The van der Waals surface area contributed by atoms with Gasteiger partial charge in [0, 0.05) is 66.7 Å². The van der Waals surface area contributed by atoms with Gasteiger partial charge in [-0.25, -0.2) is 0 Å². The van der Waals surface area contributed by atoms with Crippen molar-refractivity contribution in [3.05, 3.63) is 54.0 Å². The molecule has 6 heteroatoms. The number of fused-ring (bicyclic) bond motifs is 1. The maximum Gasteiger partial charge on any atom is 0.236 e. The maximum atomic E-state index is 13.0. The van der Waals surface area contributed by atoms with Crippen molar-refractivity contribution in [3.63, 3.8) is 0 Å². The smallest absolute Gasteiger partial charge is 0.236 e. The molecule has 4 heterocycles. The molecule has 1 amide bonds. The van der Waals surface area contributed by atoms with Gasteiger partial charge in [-0.3, -0.25) is 14.7 Å². The summed E-state index contributed by atoms with van der Waals surface area (Å²) in [6, 6.07) is 10.6. The minimum absolute atomic E-state index is 0.240. The zero-order valence-corrected chi connectivity index (χ0v) is 18.1. The van der Waals surface area contributed by atoms with Crippen molar-refractivity contribution < 1.29 is 9.53 Å². The Morgan fingerprint density at radius 2 is 1.97 bits per heavy atom. The molecule has 1 aromatic carbocycles. The van der Waals surface area contributed by atoms with Crippen LogP contribution in [0.4, 0.5) is 0 Å². The fraction of sp³-hybridized carbons (Fsp3) is 0.440. The van der Waals surface area contributed by atoms with E-state index in [2.05, 4.69) is 57.0 Å². The second-order valence-corrected chi connectivity index (χ2v) is 8.71. The third-order valence-electron chi connectivity index (χ3n) is 6.69. The van der Waals surface area contributed by atoms with Gasteiger partial charge < -0.3 is 14.6 Å². The monoisotopic (exact) mass is 418 g/mol. The molecule has 2 fully saturated rings. The van der Waals surface area contributed by atoms with Crippen LogP contribution in [0.5, 0.6) is 0 Å². The first-order valence-corrected chi connectivity index (χ1v) is 11.3. The Balaban J connectivity index is 1.44. The number of amides is 1. The number of morpholine rings is 1. The summed E-state index contributed by atoms with van der Waals surface area (Å²) in [6.07, 6.45) is 5.83. The highest BCUT2D eigenvalue weighted by atomic mass is 16.5. The minimum atomic E-state index is 0.240. The van der Waals surface area contributed by atoms with E-state index in [-0.39, 0.29) is 5.91 Å². The van der Waals surface area contributed by atoms with Crippen molar-refractivity contribution in [2.24, 2.45) is 0 Å². The number of aryl methyl sites for hydroxylation is 1. The van der Waals surface area contributed by atoms with E-state index >= 15 is 0 Å². The van der Waals surface area contributed by atoms with Gasteiger partial charge in [0.15, 0.2) is 0 Å². The van der Waals surface area contributed by atoms with E-state index in [1.54, 1.807) is 0 Å². The molecule has 31 heavy (non-hydrogen) atoms. The molecular weight excluding hydrogens is 388 g/mol. The summed E-state index contributed by atoms with van der Waals surface area (Å²) in [6.45, 7) is 7.40. The molecule has 6 nitrogen and oxygen atoms in total. The molecule has 0 spiro atoms. The van der Waals surface area contributed by atoms with Crippen molar-refractivity contribution >= 4 is 16.8 Å². The van der Waals surface area contributed by atoms with E-state index in [4.69, 9.17) is 4.74 Å². The van der Waals surface area contributed by atoms with Gasteiger partial charge in [0.25, 0.3) is 0 Å². The second kappa shape index (κ2) is 8.81. The Hall–Kier alpha value is -2.70. The number of piperidine rings is 1. The van der Waals surface area contributed by atoms with E-state index in [1.165, 1.54) is 33.3 Å². The van der Waals surface area contributed by atoms with Gasteiger partial charge in [0.2, 0.25) is 5.91 Å². The second-order valence-electron chi connectivity index (χ2n) is 8.71. The number of nitrogens with zero attached hydrogens (tertiary/aromatic N) is 3. The van der Waals surface area contributed by atoms with Crippen LogP contribution in [0.15, 0.2) is 42.7 Å². The SMILES string of the molecule is Cc1cccc2c(-c3ccncc3)c(C3CCCN(C(=O)CN4CCOCC4)C3)[nH]c12. The number of carbonyl (C=O) groups excluding carboxylic acids is 1. The largest absolute Gasteiger partial charge is 0.379 e. The summed E-state index contributed by atoms with van der Waals surface area (Å²) in [4.78, 5) is 25.3. The fourth-order valence-electron chi connectivity index (χ4n) is 5.01. The third kappa shape index (κ3) is 4.10. The summed E-state index contributed by atoms with van der Waals surface area (Å²) >= 11 is 0. The van der Waals surface area contributed by atoms with Gasteiger partial charge in [0.1, 0.15) is 0 Å². The maximum absolute atomic E-state index is 13.0. The number of aromatic nitrogens is 2. The van der Waals surface area contributed by atoms with Crippen LogP contribution < -0.4 is 0 Å². The lowest BCUT2D eigenvalue weighted by Gasteiger charge is -2.35. The van der Waals surface area contributed by atoms with E-state index in [0.29, 0.717) is 12.5 Å². The molecule has 0 bridgehead atoms. The minimum Gasteiger partial charge on any atom is -0.379 e. The predicted octanol–water partition coefficient (Wildman–Crippen LogP) is 3.58. The van der Waals surface area contributed by atoms with E-state index < -0.39 is 0 Å². The average molecular weight is 419 g/mol. The zero-order valence-electron chi connectivity index (χ0n) is 18.1. The molecule has 0 radical (unpaired) electrons. The molecule has 1 N–H and O–H groups in total. The Kier molecular flexibility index (Phi) is 5.74. The topological polar surface area (TPSA) is 61.5 Å². The summed E-state index contributed by atoms with van der Waals surface area (Å²) in [7, 11) is 0. The quantitative estimate of drug-likeness (QED) is 0.704. The molecule has 2 aliphatic heterocycles. The van der Waals surface area contributed by atoms with Crippen molar-refractivity contribution in [1.82, 2.24) is 19.8 Å². The van der Waals surface area contributed by atoms with Crippen LogP contribution in [0.3, 0.4) is 0 Å². The first kappa shape index (κ1) is 20.2. The van der Waals surface area contributed by atoms with Crippen LogP contribution in [0.1, 0.15) is 30.0 Å². The molecule has 2 saturated heterocycles. The van der Waals surface area contributed by atoms with Gasteiger partial charge >= 0.3 is 0 Å². The molecule has 0 aliphatic carbocycles. The highest BCUT2D eigenvalue weighted by Gasteiger charge is 2.29. The fourth-order valence-corrected chi connectivity index (χ4v) is 5.01. The number of benzene rings is 1. The van der Waals surface area contributed by atoms with Gasteiger partial charge in [-0.15, -0.1) is 0 Å². The molecule has 1 unspecified atom stereocenters. The summed E-state index contributed by atoms with van der Waals surface area (Å²) < 4.78 is 5.42. The predicted molar refractivity (Wildman–Crippen MR) is 122 cm³/mol. The number of rotatable bonds is 4. The van der Waals surface area contributed by atoms with E-state index in [1.807, 2.05) is 12.4 Å². The lowest BCUT2D eigenvalue weighted by molar-refractivity contribution is -0.134. The molecule has 0 saturated carbocycles. The van der Waals surface area contributed by atoms with Crippen molar-refractivity contribution in [1.29, 1.82) is 0 Å². The number of H-pyrrole nitrogens is 1. The zero-order chi connectivity index (χ0) is 21.2. The van der Waals surface area contributed by atoms with Crippen LogP contribution >= 0.6 is 0 Å². The number of nitrogens with one attached hydrogen (secondary N) is 1. The first-order chi connectivity index (χ1) is 15.2. The Morgan fingerprint density at radius 1 is 1.16 bits per heavy atom. The third-order valence-corrected chi connectivity index (χ3v) is 6.69. The Morgan fingerprint density at radius 3 is 2.77 bits per heavy atom. The molecular formula is C25H30N4O2. The highest BCUT2D eigenvalue weighted by Crippen LogP contribution is 2.40. The summed E-state index contributed by atoms with van der Waals surface area (Å²) in [5.41, 5.74) is 6.13. The molecule has 162 valence electrons. The van der Waals surface area contributed by atoms with Crippen LogP contribution in [0, 0.1) is 6.92 Å². The van der Waals surface area contributed by atoms with Crippen LogP contribution in [0.2, 0.25) is 0 Å². The van der Waals surface area contributed by atoms with Crippen molar-refractivity contribution in [2.45, 2.75) is 25.7 Å². The molecule has 1 atom stereocenters. The number of likely N-dealkylation sites (tertiary alicyclic amines) is 1. The Bertz CT molecular complexity index is 1060. The lowest BCUT2D eigenvalue weighted by atomic mass is 9.89. The summed E-state index contributed by atoms with van der Waals surface area (Å²) in [5, 5.41) is 1.25. The number of hydrogen-bond donors (Lipinski definition) is 1. The highest BCUT2D eigenvalue weighted by molar-refractivity contribution is 5.99. The standard InChI is InChI=1S/C25H30N4O2/c1-18-4-2-6-21-23(19-7-9-26-10-8-19)25(27-24(18)21)20-5-3-11-29(16-20)22(30)17-28-12-14-31-15-13-28/h2,4,6-10,20,27H,3,5,11-17H2,1H3. The van der Waals surface area contributed by atoms with Gasteiger partial charge in [-0.2, -0.15) is 0 Å². The first-order valence-electron chi connectivity index (χ1n) is 11.3. The number of hydrogen-bond acceptors (Lipinski definition) is 4. The Labute approximate surface area is 183 Å². The van der Waals surface area contributed by atoms with E-state index in [0.717, 1.165) is 52.2 Å². The average Bonchev–Trinajstić information content (AvgIpc) is 3.21. The van der Waals surface area contributed by atoms with Crippen molar-refractivity contribution in [2.75, 3.05) is 45.9 Å². The molecule has 3 aromatic rings. The van der Waals surface area contributed by atoms with Crippen molar-refractivity contribution in [3.8, 4) is 11.1 Å². The number of pyridine rings is 1. The number of para-hydroxylation sites is 1. The van der Waals surface area contributed by atoms with E-state index in [9.17, 15) is 4.79 Å². The lowest BCUT2D eigenvalue weighted by Crippen LogP contribution is -2.47. The van der Waals surface area contributed by atoms with Crippen LogP contribution in [-0.4, -0.2) is 71.6 Å². The molecule has 2 aromatic heterocycles. The van der Waals surface area contributed by atoms with Crippen LogP contribution in [0.25, 0.3) is 22.0 Å². The van der Waals surface area contributed by atoms with Gasteiger partial charge in [-0.05, 0) is 43.0 Å². The van der Waals surface area contributed by atoms with Crippen LogP contribution in [-0.2, 0) is 9.53 Å². The molecule has 5 rings (SSSR count). The number of carbonyl (C=O) groups is 1. The summed E-state index contributed by atoms with van der Waals surface area (Å²) in [5.74, 6) is 0.543. The molecule has 2 aliphatic rings. The normalized spacial score (nSPS) is 20.3.